The molecule has 0 amide bonds. The minimum atomic E-state index is -0.355. The van der Waals surface area contributed by atoms with E-state index in [1.54, 1.807) is 0 Å². The normalized spacial score (nSPS) is 11.4. The number of nitrogens with one attached hydrogen (secondary N) is 1. The van der Waals surface area contributed by atoms with Crippen LogP contribution in [0.15, 0.2) is 91.0 Å². The largest absolute Gasteiger partial charge is 0.330 e. The monoisotopic (exact) mass is 344 g/mol. The minimum absolute atomic E-state index is 0.355. The zero-order valence-electron chi connectivity index (χ0n) is 15.3. The van der Waals surface area contributed by atoms with Gasteiger partial charge in [-0.15, -0.1) is 0 Å². The van der Waals surface area contributed by atoms with Crippen molar-refractivity contribution < 1.29 is 0 Å². The first-order valence-corrected chi connectivity index (χ1v) is 9.49. The highest BCUT2D eigenvalue weighted by Gasteiger charge is 2.35. The lowest BCUT2D eigenvalue weighted by Crippen LogP contribution is -2.45. The van der Waals surface area contributed by atoms with Crippen LogP contribution in [0.2, 0.25) is 0 Å². The van der Waals surface area contributed by atoms with Crippen LogP contribution < -0.4 is 11.1 Å². The van der Waals surface area contributed by atoms with Gasteiger partial charge < -0.3 is 5.73 Å². The van der Waals surface area contributed by atoms with Crippen LogP contribution in [0.25, 0.3) is 0 Å². The van der Waals surface area contributed by atoms with Gasteiger partial charge in [-0.05, 0) is 42.6 Å². The van der Waals surface area contributed by atoms with Gasteiger partial charge >= 0.3 is 0 Å². The van der Waals surface area contributed by atoms with Gasteiger partial charge in [-0.1, -0.05) is 97.4 Å². The van der Waals surface area contributed by atoms with Crippen molar-refractivity contribution in [3.05, 3.63) is 108 Å². The van der Waals surface area contributed by atoms with Crippen LogP contribution in [0.3, 0.4) is 0 Å². The summed E-state index contributed by atoms with van der Waals surface area (Å²) in [5, 5.41) is 3.90. The quantitative estimate of drug-likeness (QED) is 0.436. The third-order valence-corrected chi connectivity index (χ3v) is 4.89. The average molecular weight is 345 g/mol. The van der Waals surface area contributed by atoms with Gasteiger partial charge in [0.1, 0.15) is 0 Å². The second-order valence-corrected chi connectivity index (χ2v) is 6.62. The molecule has 2 heteroatoms. The molecule has 0 bridgehead atoms. The summed E-state index contributed by atoms with van der Waals surface area (Å²) in [5.41, 5.74) is 9.08. The van der Waals surface area contributed by atoms with E-state index < -0.39 is 0 Å². The Kier molecular flexibility index (Phi) is 6.59. The number of nitrogens with two attached hydrogens (primary N) is 1. The summed E-state index contributed by atoms with van der Waals surface area (Å²) in [7, 11) is 0. The molecule has 0 spiro atoms. The van der Waals surface area contributed by atoms with Crippen LogP contribution in [0.4, 0.5) is 0 Å². The smallest absolute Gasteiger partial charge is 0.0947 e. The molecule has 0 fully saturated rings. The van der Waals surface area contributed by atoms with Gasteiger partial charge in [0.2, 0.25) is 0 Å². The predicted octanol–water partition coefficient (Wildman–Crippen LogP) is 4.70. The molecule has 3 aromatic rings. The first kappa shape index (κ1) is 18.4. The standard InChI is InChI=1S/C24H28N2/c25-19-11-4-12-20-26-24(21-13-5-1-6-14-21,22-15-7-2-8-16-22)23-17-9-3-10-18-23/h1-3,5-10,13-18,26H,4,11-12,19-20,25H2. The predicted molar refractivity (Wildman–Crippen MR) is 110 cm³/mol. The Labute approximate surface area is 157 Å². The van der Waals surface area contributed by atoms with Crippen LogP contribution in [0, 0.1) is 0 Å². The molecule has 0 aromatic heterocycles. The fourth-order valence-electron chi connectivity index (χ4n) is 3.59. The highest BCUT2D eigenvalue weighted by atomic mass is 15.0. The van der Waals surface area contributed by atoms with Crippen molar-refractivity contribution in [3.63, 3.8) is 0 Å². The molecule has 0 saturated heterocycles. The lowest BCUT2D eigenvalue weighted by molar-refractivity contribution is 0.458. The van der Waals surface area contributed by atoms with Crippen molar-refractivity contribution in [1.82, 2.24) is 5.32 Å². The average Bonchev–Trinajstić information content (AvgIpc) is 2.73. The van der Waals surface area contributed by atoms with E-state index in [1.165, 1.54) is 16.7 Å². The van der Waals surface area contributed by atoms with Gasteiger partial charge in [-0.3, -0.25) is 5.32 Å². The second kappa shape index (κ2) is 9.33. The Bertz CT molecular complexity index is 657. The molecule has 0 aliphatic rings. The fraction of sp³-hybridized carbons (Fsp3) is 0.250. The van der Waals surface area contributed by atoms with E-state index in [-0.39, 0.29) is 5.54 Å². The number of rotatable bonds is 9. The maximum absolute atomic E-state index is 5.65. The van der Waals surface area contributed by atoms with Crippen LogP contribution in [-0.4, -0.2) is 13.1 Å². The molecule has 0 unspecified atom stereocenters. The molecule has 134 valence electrons. The Hall–Kier alpha value is -2.42. The van der Waals surface area contributed by atoms with Crippen LogP contribution in [0.1, 0.15) is 36.0 Å². The Balaban J connectivity index is 2.06. The third-order valence-electron chi connectivity index (χ3n) is 4.89. The third kappa shape index (κ3) is 4.04. The van der Waals surface area contributed by atoms with Crippen molar-refractivity contribution in [2.45, 2.75) is 24.8 Å². The molecule has 3 N–H and O–H groups in total. The summed E-state index contributed by atoms with van der Waals surface area (Å²) in [5.74, 6) is 0. The van der Waals surface area contributed by atoms with E-state index >= 15 is 0 Å². The number of unbranched alkanes of at least 4 members (excludes halogenated alkanes) is 2. The molecular weight excluding hydrogens is 316 g/mol. The molecule has 0 aliphatic heterocycles. The molecule has 0 heterocycles. The van der Waals surface area contributed by atoms with Crippen molar-refractivity contribution in [2.75, 3.05) is 13.1 Å². The SMILES string of the molecule is NCCCCCNC(c1ccccc1)(c1ccccc1)c1ccccc1. The molecule has 3 aromatic carbocycles. The van der Waals surface area contributed by atoms with Crippen molar-refractivity contribution in [1.29, 1.82) is 0 Å². The van der Waals surface area contributed by atoms with Gasteiger partial charge in [-0.25, -0.2) is 0 Å². The maximum Gasteiger partial charge on any atom is 0.0947 e. The van der Waals surface area contributed by atoms with E-state index in [0.29, 0.717) is 0 Å². The zero-order chi connectivity index (χ0) is 18.1. The molecule has 0 atom stereocenters. The molecule has 2 nitrogen and oxygen atoms in total. The molecule has 0 saturated carbocycles. The summed E-state index contributed by atoms with van der Waals surface area (Å²) < 4.78 is 0. The van der Waals surface area contributed by atoms with Crippen molar-refractivity contribution in [3.8, 4) is 0 Å². The fourth-order valence-corrected chi connectivity index (χ4v) is 3.59. The van der Waals surface area contributed by atoms with E-state index in [2.05, 4.69) is 96.3 Å². The first-order valence-electron chi connectivity index (χ1n) is 9.49. The lowest BCUT2D eigenvalue weighted by Gasteiger charge is -2.37. The van der Waals surface area contributed by atoms with E-state index in [9.17, 15) is 0 Å². The summed E-state index contributed by atoms with van der Waals surface area (Å²) >= 11 is 0. The van der Waals surface area contributed by atoms with Crippen LogP contribution in [-0.2, 0) is 5.54 Å². The van der Waals surface area contributed by atoms with Crippen LogP contribution >= 0.6 is 0 Å². The van der Waals surface area contributed by atoms with Crippen molar-refractivity contribution in [2.24, 2.45) is 5.73 Å². The Morgan fingerprint density at radius 1 is 0.577 bits per heavy atom. The minimum Gasteiger partial charge on any atom is -0.330 e. The number of hydrogen-bond acceptors (Lipinski definition) is 2. The van der Waals surface area contributed by atoms with Crippen LogP contribution in [0.5, 0.6) is 0 Å². The van der Waals surface area contributed by atoms with Gasteiger partial charge in [0, 0.05) is 0 Å². The molecule has 26 heavy (non-hydrogen) atoms. The van der Waals surface area contributed by atoms with Gasteiger partial charge in [0.25, 0.3) is 0 Å². The van der Waals surface area contributed by atoms with E-state index in [4.69, 9.17) is 5.73 Å². The number of benzene rings is 3. The van der Waals surface area contributed by atoms with Gasteiger partial charge in [0.05, 0.1) is 5.54 Å². The highest BCUT2D eigenvalue weighted by Crippen LogP contribution is 2.36. The summed E-state index contributed by atoms with van der Waals surface area (Å²) in [6.45, 7) is 1.71. The molecule has 0 aliphatic carbocycles. The Morgan fingerprint density at radius 3 is 1.38 bits per heavy atom. The lowest BCUT2D eigenvalue weighted by atomic mass is 9.77. The first-order chi connectivity index (χ1) is 12.9. The summed E-state index contributed by atoms with van der Waals surface area (Å²) in [4.78, 5) is 0. The van der Waals surface area contributed by atoms with Gasteiger partial charge in [0.15, 0.2) is 0 Å². The van der Waals surface area contributed by atoms with E-state index in [0.717, 1.165) is 32.4 Å². The molecule has 3 rings (SSSR count). The summed E-state index contributed by atoms with van der Waals surface area (Å²) in [6.07, 6.45) is 3.35. The highest BCUT2D eigenvalue weighted by molar-refractivity contribution is 5.49. The Morgan fingerprint density at radius 2 is 1.00 bits per heavy atom. The van der Waals surface area contributed by atoms with Gasteiger partial charge in [-0.2, -0.15) is 0 Å². The maximum atomic E-state index is 5.65. The number of hydrogen-bond donors (Lipinski definition) is 2. The van der Waals surface area contributed by atoms with E-state index in [1.807, 2.05) is 0 Å². The molecular formula is C24H28N2. The topological polar surface area (TPSA) is 38.0 Å². The molecule has 0 radical (unpaired) electrons. The zero-order valence-corrected chi connectivity index (χ0v) is 15.3. The second-order valence-electron chi connectivity index (χ2n) is 6.62. The summed E-state index contributed by atoms with van der Waals surface area (Å²) in [6, 6.07) is 32.2. The van der Waals surface area contributed by atoms with Crippen molar-refractivity contribution >= 4 is 0 Å².